The van der Waals surface area contributed by atoms with Gasteiger partial charge >= 0.3 is 0 Å². The van der Waals surface area contributed by atoms with Gasteiger partial charge in [0.05, 0.1) is 7.11 Å². The van der Waals surface area contributed by atoms with Crippen LogP contribution >= 0.6 is 0 Å². The third-order valence-electron chi connectivity index (χ3n) is 4.11. The highest BCUT2D eigenvalue weighted by Crippen LogP contribution is 2.22. The molecule has 2 aromatic rings. The smallest absolute Gasteiger partial charge is 0.296 e. The maximum Gasteiger partial charge on any atom is 0.296 e. The molecule has 0 saturated carbocycles. The summed E-state index contributed by atoms with van der Waals surface area (Å²) < 4.78 is 5.20. The molecule has 3 rings (SSSR count). The highest BCUT2D eigenvalue weighted by molar-refractivity contribution is 5.98. The van der Waals surface area contributed by atoms with Crippen LogP contribution in [0.1, 0.15) is 23.8 Å². The number of rotatable bonds is 3. The van der Waals surface area contributed by atoms with E-state index in [4.69, 9.17) is 4.74 Å². The van der Waals surface area contributed by atoms with Crippen LogP contribution < -0.4 is 10.1 Å². The van der Waals surface area contributed by atoms with Gasteiger partial charge in [0.15, 0.2) is 0 Å². The number of carbonyl (C=O) groups excluding carboxylic acids is 2. The molecule has 1 fully saturated rings. The van der Waals surface area contributed by atoms with E-state index >= 15 is 0 Å². The van der Waals surface area contributed by atoms with Crippen LogP contribution in [-0.2, 0) is 4.79 Å². The molecule has 1 atom stereocenters. The van der Waals surface area contributed by atoms with Crippen LogP contribution in [-0.4, -0.2) is 47.9 Å². The number of methoxy groups -OCH3 is 1. The minimum atomic E-state index is -0.297. The highest BCUT2D eigenvalue weighted by atomic mass is 16.5. The number of aromatic amines is 1. The van der Waals surface area contributed by atoms with Gasteiger partial charge in [-0.3, -0.25) is 9.59 Å². The number of hydrogen-bond donors (Lipinski definition) is 2. The number of likely N-dealkylation sites (tertiary alicyclic amines) is 1. The molecule has 1 aromatic heterocycles. The number of benzene rings is 1. The highest BCUT2D eigenvalue weighted by Gasteiger charge is 2.28. The molecule has 2 amide bonds. The number of aromatic nitrogens is 1. The first-order valence-corrected chi connectivity index (χ1v) is 7.80. The fourth-order valence-corrected chi connectivity index (χ4v) is 2.92. The van der Waals surface area contributed by atoms with Gasteiger partial charge in [0.2, 0.25) is 0 Å². The third-order valence-corrected chi connectivity index (χ3v) is 4.11. The Balaban J connectivity index is 1.70. The second-order valence-electron chi connectivity index (χ2n) is 5.72. The average Bonchev–Trinajstić information content (AvgIpc) is 3.20. The van der Waals surface area contributed by atoms with Gasteiger partial charge in [-0.1, -0.05) is 5.92 Å². The molecule has 1 aromatic carbocycles. The zero-order valence-corrected chi connectivity index (χ0v) is 13.7. The first kappa shape index (κ1) is 15.9. The zero-order chi connectivity index (χ0) is 17.1. The van der Waals surface area contributed by atoms with Gasteiger partial charge in [-0.2, -0.15) is 0 Å². The van der Waals surface area contributed by atoms with Crippen molar-refractivity contribution >= 4 is 22.7 Å². The summed E-state index contributed by atoms with van der Waals surface area (Å²) in [5, 5.41) is 3.78. The van der Waals surface area contributed by atoms with E-state index in [9.17, 15) is 9.59 Å². The van der Waals surface area contributed by atoms with Crippen LogP contribution in [0.2, 0.25) is 0 Å². The van der Waals surface area contributed by atoms with Crippen molar-refractivity contribution in [3.05, 3.63) is 30.0 Å². The summed E-state index contributed by atoms with van der Waals surface area (Å²) in [6.45, 7) is 2.73. The number of nitrogens with one attached hydrogen (secondary N) is 2. The molecular weight excluding hydrogens is 306 g/mol. The van der Waals surface area contributed by atoms with Crippen molar-refractivity contribution in [3.8, 4) is 17.6 Å². The van der Waals surface area contributed by atoms with Crippen LogP contribution in [0.4, 0.5) is 0 Å². The second-order valence-corrected chi connectivity index (χ2v) is 5.72. The summed E-state index contributed by atoms with van der Waals surface area (Å²) in [5.41, 5.74) is 1.40. The van der Waals surface area contributed by atoms with Gasteiger partial charge in [0, 0.05) is 36.1 Å². The summed E-state index contributed by atoms with van der Waals surface area (Å²) in [6.07, 6.45) is 0.733. The lowest BCUT2D eigenvalue weighted by Gasteiger charge is -2.15. The Morgan fingerprint density at radius 2 is 2.21 bits per heavy atom. The van der Waals surface area contributed by atoms with Gasteiger partial charge in [-0.15, -0.1) is 0 Å². The topological polar surface area (TPSA) is 74.4 Å². The summed E-state index contributed by atoms with van der Waals surface area (Å²) >= 11 is 0. The van der Waals surface area contributed by atoms with Crippen molar-refractivity contribution in [2.24, 2.45) is 0 Å². The number of ether oxygens (including phenoxy) is 1. The van der Waals surface area contributed by atoms with E-state index < -0.39 is 0 Å². The number of amides is 2. The molecular formula is C18H19N3O3. The van der Waals surface area contributed by atoms with E-state index in [1.54, 1.807) is 18.9 Å². The van der Waals surface area contributed by atoms with Gasteiger partial charge in [0.1, 0.15) is 11.4 Å². The van der Waals surface area contributed by atoms with Gasteiger partial charge in [-0.05, 0) is 37.5 Å². The largest absolute Gasteiger partial charge is 0.497 e. The predicted octanol–water partition coefficient (Wildman–Crippen LogP) is 1.53. The number of carbonyl (C=O) groups is 2. The van der Waals surface area contributed by atoms with Crippen molar-refractivity contribution in [1.29, 1.82) is 0 Å². The normalized spacial score (nSPS) is 16.6. The standard InChI is InChI=1S/C18H19N3O3/c1-3-4-17(22)19-13-7-8-21(11-13)18(23)16-9-12-5-6-14(24-2)10-15(12)20-16/h5-6,9-10,13,20H,7-8,11H2,1-2H3,(H,19,22). The molecule has 2 heterocycles. The van der Waals surface area contributed by atoms with E-state index in [1.807, 2.05) is 24.3 Å². The molecule has 1 aliphatic rings. The quantitative estimate of drug-likeness (QED) is 0.841. The van der Waals surface area contributed by atoms with E-state index in [0.29, 0.717) is 18.8 Å². The molecule has 0 aliphatic carbocycles. The van der Waals surface area contributed by atoms with Gasteiger partial charge < -0.3 is 19.9 Å². The fourth-order valence-electron chi connectivity index (χ4n) is 2.92. The number of fused-ring (bicyclic) bond motifs is 1. The summed E-state index contributed by atoms with van der Waals surface area (Å²) in [6, 6.07) is 7.43. The minimum absolute atomic E-state index is 0.0493. The van der Waals surface area contributed by atoms with E-state index in [-0.39, 0.29) is 17.9 Å². The van der Waals surface area contributed by atoms with E-state index in [1.165, 1.54) is 0 Å². The Labute approximate surface area is 140 Å². The molecule has 0 spiro atoms. The Morgan fingerprint density at radius 3 is 2.96 bits per heavy atom. The Morgan fingerprint density at radius 1 is 1.38 bits per heavy atom. The SMILES string of the molecule is CC#CC(=O)NC1CCN(C(=O)c2cc3ccc(OC)cc3[nH]2)C1. The molecule has 6 heteroatoms. The number of nitrogens with zero attached hydrogens (tertiary/aromatic N) is 1. The van der Waals surface area contributed by atoms with Crippen molar-refractivity contribution in [2.75, 3.05) is 20.2 Å². The third kappa shape index (κ3) is 3.20. The molecule has 0 radical (unpaired) electrons. The molecule has 6 nitrogen and oxygen atoms in total. The van der Waals surface area contributed by atoms with Crippen LogP contribution in [0.5, 0.6) is 5.75 Å². The Kier molecular flexibility index (Phi) is 4.43. The predicted molar refractivity (Wildman–Crippen MR) is 90.8 cm³/mol. The van der Waals surface area contributed by atoms with Crippen LogP contribution in [0, 0.1) is 11.8 Å². The summed E-state index contributed by atoms with van der Waals surface area (Å²) in [5.74, 6) is 5.40. The lowest BCUT2D eigenvalue weighted by Crippen LogP contribution is -2.38. The second kappa shape index (κ2) is 6.67. The average molecular weight is 325 g/mol. The van der Waals surface area contributed by atoms with E-state index in [0.717, 1.165) is 23.1 Å². The molecule has 1 saturated heterocycles. The van der Waals surface area contributed by atoms with Crippen LogP contribution in [0.15, 0.2) is 24.3 Å². The fraction of sp³-hybridized carbons (Fsp3) is 0.333. The summed E-state index contributed by atoms with van der Waals surface area (Å²) in [7, 11) is 1.61. The Bertz CT molecular complexity index is 844. The van der Waals surface area contributed by atoms with E-state index in [2.05, 4.69) is 22.1 Å². The van der Waals surface area contributed by atoms with Crippen LogP contribution in [0.3, 0.4) is 0 Å². The zero-order valence-electron chi connectivity index (χ0n) is 13.7. The minimum Gasteiger partial charge on any atom is -0.497 e. The maximum absolute atomic E-state index is 12.7. The molecule has 124 valence electrons. The molecule has 2 N–H and O–H groups in total. The van der Waals surface area contributed by atoms with Crippen LogP contribution in [0.25, 0.3) is 10.9 Å². The van der Waals surface area contributed by atoms with Crippen molar-refractivity contribution in [2.45, 2.75) is 19.4 Å². The van der Waals surface area contributed by atoms with Crippen molar-refractivity contribution in [3.63, 3.8) is 0 Å². The number of hydrogen-bond acceptors (Lipinski definition) is 3. The maximum atomic E-state index is 12.7. The molecule has 24 heavy (non-hydrogen) atoms. The molecule has 0 bridgehead atoms. The van der Waals surface area contributed by atoms with Gasteiger partial charge in [-0.25, -0.2) is 0 Å². The molecule has 1 unspecified atom stereocenters. The lowest BCUT2D eigenvalue weighted by atomic mass is 10.2. The number of H-pyrrole nitrogens is 1. The first-order chi connectivity index (χ1) is 11.6. The monoisotopic (exact) mass is 325 g/mol. The lowest BCUT2D eigenvalue weighted by molar-refractivity contribution is -0.116. The molecule has 1 aliphatic heterocycles. The van der Waals surface area contributed by atoms with Gasteiger partial charge in [0.25, 0.3) is 11.8 Å². The first-order valence-electron chi connectivity index (χ1n) is 7.80. The van der Waals surface area contributed by atoms with Crippen molar-refractivity contribution < 1.29 is 14.3 Å². The Hall–Kier alpha value is -2.94. The van der Waals surface area contributed by atoms with Crippen molar-refractivity contribution in [1.82, 2.24) is 15.2 Å². The summed E-state index contributed by atoms with van der Waals surface area (Å²) in [4.78, 5) is 29.1.